The third-order valence-electron chi connectivity index (χ3n) is 3.02. The minimum Gasteiger partial charge on any atom is -0.481 e. The van der Waals surface area contributed by atoms with E-state index in [1.54, 1.807) is 0 Å². The second-order valence-electron chi connectivity index (χ2n) is 5.05. The van der Waals surface area contributed by atoms with Crippen molar-refractivity contribution in [2.75, 3.05) is 19.0 Å². The van der Waals surface area contributed by atoms with Crippen molar-refractivity contribution in [1.82, 2.24) is 4.98 Å². The van der Waals surface area contributed by atoms with E-state index in [-0.39, 0.29) is 6.42 Å². The third-order valence-corrected chi connectivity index (χ3v) is 4.24. The van der Waals surface area contributed by atoms with E-state index in [1.807, 2.05) is 45.0 Å². The Morgan fingerprint density at radius 3 is 2.60 bits per heavy atom. The van der Waals surface area contributed by atoms with Crippen LogP contribution in [0.3, 0.4) is 0 Å². The zero-order valence-corrected chi connectivity index (χ0v) is 12.9. The minimum atomic E-state index is -0.829. The van der Waals surface area contributed by atoms with Gasteiger partial charge in [0.1, 0.15) is 0 Å². The molecular formula is C15H18N2O2S. The largest absolute Gasteiger partial charge is 0.481 e. The predicted octanol–water partition coefficient (Wildman–Crippen LogP) is 3.12. The van der Waals surface area contributed by atoms with Gasteiger partial charge in [0.15, 0.2) is 5.13 Å². The minimum absolute atomic E-state index is 0.00809. The first-order valence-electron chi connectivity index (χ1n) is 6.35. The number of hydrogen-bond acceptors (Lipinski definition) is 4. The van der Waals surface area contributed by atoms with Crippen LogP contribution in [0.5, 0.6) is 0 Å². The molecule has 0 fully saturated rings. The Morgan fingerprint density at radius 1 is 1.35 bits per heavy atom. The number of rotatable bonds is 4. The highest BCUT2D eigenvalue weighted by Crippen LogP contribution is 2.34. The molecule has 0 bridgehead atoms. The second kappa shape index (κ2) is 5.63. The van der Waals surface area contributed by atoms with Crippen LogP contribution in [0.2, 0.25) is 0 Å². The molecule has 1 N–H and O–H groups in total. The molecular weight excluding hydrogens is 272 g/mol. The molecule has 20 heavy (non-hydrogen) atoms. The zero-order valence-electron chi connectivity index (χ0n) is 12.1. The van der Waals surface area contributed by atoms with Crippen LogP contribution in [-0.2, 0) is 11.2 Å². The number of carbonyl (C=O) groups is 1. The monoisotopic (exact) mass is 290 g/mol. The molecule has 0 aliphatic rings. The molecule has 0 unspecified atom stereocenters. The molecule has 0 amide bonds. The van der Waals surface area contributed by atoms with Crippen molar-refractivity contribution in [1.29, 1.82) is 0 Å². The van der Waals surface area contributed by atoms with Crippen LogP contribution in [0.15, 0.2) is 18.2 Å². The van der Waals surface area contributed by atoms with Gasteiger partial charge in [-0.3, -0.25) is 4.79 Å². The van der Waals surface area contributed by atoms with E-state index in [1.165, 1.54) is 16.9 Å². The fourth-order valence-electron chi connectivity index (χ4n) is 2.08. The highest BCUT2D eigenvalue weighted by molar-refractivity contribution is 7.16. The Bertz CT molecular complexity index is 647. The molecule has 0 spiro atoms. The van der Waals surface area contributed by atoms with Crippen molar-refractivity contribution >= 4 is 22.4 Å². The summed E-state index contributed by atoms with van der Waals surface area (Å²) in [6, 6.07) is 6.14. The number of aromatic nitrogens is 1. The van der Waals surface area contributed by atoms with E-state index in [2.05, 4.69) is 11.1 Å². The summed E-state index contributed by atoms with van der Waals surface area (Å²) in [7, 11) is 3.82. The number of carboxylic acids is 1. The molecule has 0 aliphatic heterocycles. The van der Waals surface area contributed by atoms with Crippen molar-refractivity contribution in [3.63, 3.8) is 0 Å². The van der Waals surface area contributed by atoms with Gasteiger partial charge in [-0.05, 0) is 19.4 Å². The third kappa shape index (κ3) is 2.99. The van der Waals surface area contributed by atoms with E-state index in [4.69, 9.17) is 5.11 Å². The number of thiazole rings is 1. The van der Waals surface area contributed by atoms with Gasteiger partial charge in [-0.1, -0.05) is 23.8 Å². The highest BCUT2D eigenvalue weighted by atomic mass is 32.1. The van der Waals surface area contributed by atoms with E-state index in [0.717, 1.165) is 26.8 Å². The Balaban J connectivity index is 2.55. The van der Waals surface area contributed by atoms with Crippen LogP contribution in [0.1, 0.15) is 16.0 Å². The smallest absolute Gasteiger partial charge is 0.308 e. The van der Waals surface area contributed by atoms with E-state index in [0.29, 0.717) is 0 Å². The van der Waals surface area contributed by atoms with Crippen LogP contribution in [-0.4, -0.2) is 30.2 Å². The van der Waals surface area contributed by atoms with Gasteiger partial charge in [-0.15, -0.1) is 11.3 Å². The normalized spacial score (nSPS) is 10.6. The number of anilines is 1. The molecule has 5 heteroatoms. The number of benzene rings is 1. The fraction of sp³-hybridized carbons (Fsp3) is 0.333. The first kappa shape index (κ1) is 14.5. The lowest BCUT2D eigenvalue weighted by Crippen LogP contribution is -2.07. The second-order valence-corrected chi connectivity index (χ2v) is 6.11. The van der Waals surface area contributed by atoms with Crippen molar-refractivity contribution in [2.45, 2.75) is 20.3 Å². The number of aryl methyl sites for hydroxylation is 2. The van der Waals surface area contributed by atoms with E-state index in [9.17, 15) is 4.79 Å². The maximum Gasteiger partial charge on any atom is 0.308 e. The topological polar surface area (TPSA) is 53.4 Å². The van der Waals surface area contributed by atoms with Crippen molar-refractivity contribution in [2.24, 2.45) is 0 Å². The summed E-state index contributed by atoms with van der Waals surface area (Å²) in [6.07, 6.45) is 0.00809. The van der Waals surface area contributed by atoms with Gasteiger partial charge in [0.25, 0.3) is 0 Å². The number of nitrogens with zero attached hydrogens (tertiary/aromatic N) is 2. The summed E-state index contributed by atoms with van der Waals surface area (Å²) >= 11 is 1.44. The molecule has 1 aromatic carbocycles. The maximum atomic E-state index is 11.0. The molecule has 4 nitrogen and oxygen atoms in total. The van der Waals surface area contributed by atoms with Gasteiger partial charge in [-0.2, -0.15) is 0 Å². The lowest BCUT2D eigenvalue weighted by Gasteiger charge is -2.07. The van der Waals surface area contributed by atoms with Gasteiger partial charge < -0.3 is 10.0 Å². The Labute approximate surface area is 122 Å². The van der Waals surface area contributed by atoms with Crippen LogP contribution >= 0.6 is 11.3 Å². The lowest BCUT2D eigenvalue weighted by molar-refractivity contribution is -0.136. The average Bonchev–Trinajstić information content (AvgIpc) is 2.72. The Kier molecular flexibility index (Phi) is 4.09. The molecule has 0 saturated carbocycles. The number of hydrogen-bond donors (Lipinski definition) is 1. The van der Waals surface area contributed by atoms with Crippen molar-refractivity contribution in [3.8, 4) is 11.3 Å². The SMILES string of the molecule is Cc1ccc(-c2nc(N(C)C)sc2CC(=O)O)c(C)c1. The van der Waals surface area contributed by atoms with Gasteiger partial charge in [-0.25, -0.2) is 4.98 Å². The van der Waals surface area contributed by atoms with E-state index < -0.39 is 5.97 Å². The Hall–Kier alpha value is -1.88. The maximum absolute atomic E-state index is 11.0. The predicted molar refractivity (Wildman–Crippen MR) is 82.7 cm³/mol. The zero-order chi connectivity index (χ0) is 14.9. The quantitative estimate of drug-likeness (QED) is 0.940. The molecule has 2 aromatic rings. The molecule has 106 valence electrons. The summed E-state index contributed by atoms with van der Waals surface area (Å²) < 4.78 is 0. The Morgan fingerprint density at radius 2 is 2.05 bits per heavy atom. The standard InChI is InChI=1S/C15H18N2O2S/c1-9-5-6-11(10(2)7-9)14-12(8-13(18)19)20-15(16-14)17(3)4/h5-7H,8H2,1-4H3,(H,18,19). The van der Waals surface area contributed by atoms with Gasteiger partial charge in [0.05, 0.1) is 12.1 Å². The molecule has 0 aliphatic carbocycles. The molecule has 1 heterocycles. The van der Waals surface area contributed by atoms with Crippen LogP contribution < -0.4 is 4.90 Å². The van der Waals surface area contributed by atoms with Crippen molar-refractivity contribution < 1.29 is 9.90 Å². The van der Waals surface area contributed by atoms with Gasteiger partial charge >= 0.3 is 5.97 Å². The van der Waals surface area contributed by atoms with Crippen molar-refractivity contribution in [3.05, 3.63) is 34.2 Å². The summed E-state index contributed by atoms with van der Waals surface area (Å²) in [5.74, 6) is -0.829. The van der Waals surface area contributed by atoms with Gasteiger partial charge in [0.2, 0.25) is 0 Å². The molecule has 1 aromatic heterocycles. The van der Waals surface area contributed by atoms with Crippen LogP contribution in [0.4, 0.5) is 5.13 Å². The summed E-state index contributed by atoms with van der Waals surface area (Å²) in [5, 5.41) is 9.89. The highest BCUT2D eigenvalue weighted by Gasteiger charge is 2.18. The summed E-state index contributed by atoms with van der Waals surface area (Å²) in [5.41, 5.74) is 4.11. The van der Waals surface area contributed by atoms with E-state index >= 15 is 0 Å². The number of carboxylic acid groups (broad SMARTS) is 1. The average molecular weight is 290 g/mol. The summed E-state index contributed by atoms with van der Waals surface area (Å²) in [4.78, 5) is 18.3. The molecule has 0 radical (unpaired) electrons. The fourth-order valence-corrected chi connectivity index (χ4v) is 3.07. The molecule has 0 atom stereocenters. The first-order valence-corrected chi connectivity index (χ1v) is 7.16. The molecule has 0 saturated heterocycles. The number of aliphatic carboxylic acids is 1. The van der Waals surface area contributed by atoms with Gasteiger partial charge in [0, 0.05) is 24.5 Å². The summed E-state index contributed by atoms with van der Waals surface area (Å²) in [6.45, 7) is 4.07. The van der Waals surface area contributed by atoms with Crippen LogP contribution in [0.25, 0.3) is 11.3 Å². The first-order chi connectivity index (χ1) is 9.38. The van der Waals surface area contributed by atoms with Crippen LogP contribution in [0, 0.1) is 13.8 Å². The lowest BCUT2D eigenvalue weighted by atomic mass is 10.0. The molecule has 2 rings (SSSR count).